The molecule has 1 aliphatic rings. The molecule has 18 heavy (non-hydrogen) atoms. The summed E-state index contributed by atoms with van der Waals surface area (Å²) in [5, 5.41) is 9.16. The number of aromatic hydroxyl groups is 1. The molecule has 0 aliphatic carbocycles. The van der Waals surface area contributed by atoms with Crippen LogP contribution in [0.25, 0.3) is 0 Å². The lowest BCUT2D eigenvalue weighted by Crippen LogP contribution is -2.42. The van der Waals surface area contributed by atoms with E-state index in [0.717, 1.165) is 31.5 Å². The average molecular weight is 253 g/mol. The number of ether oxygens (including phenoxy) is 1. The van der Waals surface area contributed by atoms with Crippen LogP contribution in [0.4, 0.5) is 4.39 Å². The van der Waals surface area contributed by atoms with Gasteiger partial charge >= 0.3 is 0 Å². The summed E-state index contributed by atoms with van der Waals surface area (Å²) in [7, 11) is 1.75. The number of nitrogens with zero attached hydrogens (tertiary/aromatic N) is 1. The Morgan fingerprint density at radius 1 is 1.50 bits per heavy atom. The van der Waals surface area contributed by atoms with Crippen molar-refractivity contribution in [2.75, 3.05) is 13.7 Å². The van der Waals surface area contributed by atoms with E-state index < -0.39 is 5.82 Å². The third-order valence-corrected chi connectivity index (χ3v) is 3.70. The minimum Gasteiger partial charge on any atom is -0.505 e. The molecule has 1 aromatic rings. The van der Waals surface area contributed by atoms with E-state index in [4.69, 9.17) is 9.84 Å². The van der Waals surface area contributed by atoms with Gasteiger partial charge in [-0.1, -0.05) is 6.07 Å². The van der Waals surface area contributed by atoms with Crippen molar-refractivity contribution < 1.29 is 14.2 Å². The molecule has 1 aromatic carbocycles. The Morgan fingerprint density at radius 3 is 2.89 bits per heavy atom. The van der Waals surface area contributed by atoms with Crippen LogP contribution >= 0.6 is 0 Å². The van der Waals surface area contributed by atoms with Crippen molar-refractivity contribution in [3.8, 4) is 5.75 Å². The molecule has 0 bridgehead atoms. The van der Waals surface area contributed by atoms with Gasteiger partial charge in [0.15, 0.2) is 11.6 Å². The van der Waals surface area contributed by atoms with Crippen LogP contribution in [-0.4, -0.2) is 35.8 Å². The monoisotopic (exact) mass is 253 g/mol. The summed E-state index contributed by atoms with van der Waals surface area (Å²) in [6.07, 6.45) is 2.37. The van der Waals surface area contributed by atoms with Gasteiger partial charge in [0.25, 0.3) is 0 Å². The zero-order chi connectivity index (χ0) is 13.1. The third-order valence-electron chi connectivity index (χ3n) is 3.70. The first-order valence-corrected chi connectivity index (χ1v) is 6.34. The second kappa shape index (κ2) is 5.67. The van der Waals surface area contributed by atoms with Gasteiger partial charge in [-0.15, -0.1) is 0 Å². The molecule has 0 spiro atoms. The SMILES string of the molecule is COC1CCN(Cc2ccc(O)c(F)c2)C(C)C1. The quantitative estimate of drug-likeness (QED) is 0.898. The summed E-state index contributed by atoms with van der Waals surface area (Å²) >= 11 is 0. The van der Waals surface area contributed by atoms with Gasteiger partial charge in [0.2, 0.25) is 0 Å². The minimum atomic E-state index is -0.549. The summed E-state index contributed by atoms with van der Waals surface area (Å²) in [5.74, 6) is -0.836. The van der Waals surface area contributed by atoms with Crippen LogP contribution in [-0.2, 0) is 11.3 Å². The smallest absolute Gasteiger partial charge is 0.165 e. The van der Waals surface area contributed by atoms with Crippen molar-refractivity contribution >= 4 is 0 Å². The molecule has 1 aliphatic heterocycles. The Hall–Kier alpha value is -1.13. The van der Waals surface area contributed by atoms with Crippen LogP contribution in [0.3, 0.4) is 0 Å². The number of piperidine rings is 1. The highest BCUT2D eigenvalue weighted by atomic mass is 19.1. The maximum atomic E-state index is 13.3. The molecule has 1 saturated heterocycles. The first-order valence-electron chi connectivity index (χ1n) is 6.34. The first-order chi connectivity index (χ1) is 8.60. The highest BCUT2D eigenvalue weighted by molar-refractivity contribution is 5.28. The van der Waals surface area contributed by atoms with Crippen molar-refractivity contribution in [1.29, 1.82) is 0 Å². The van der Waals surface area contributed by atoms with E-state index in [-0.39, 0.29) is 5.75 Å². The van der Waals surface area contributed by atoms with Gasteiger partial charge in [0, 0.05) is 26.2 Å². The van der Waals surface area contributed by atoms with Crippen molar-refractivity contribution in [2.24, 2.45) is 0 Å². The molecule has 1 N–H and O–H groups in total. The van der Waals surface area contributed by atoms with E-state index in [1.807, 2.05) is 0 Å². The Balaban J connectivity index is 1.99. The summed E-state index contributed by atoms with van der Waals surface area (Å²) in [6, 6.07) is 5.02. The zero-order valence-corrected chi connectivity index (χ0v) is 10.9. The molecule has 4 heteroatoms. The molecule has 100 valence electrons. The lowest BCUT2D eigenvalue weighted by atomic mass is 10.00. The molecule has 0 aromatic heterocycles. The molecule has 0 saturated carbocycles. The summed E-state index contributed by atoms with van der Waals surface area (Å²) in [4.78, 5) is 2.32. The Morgan fingerprint density at radius 2 is 2.28 bits per heavy atom. The number of halogens is 1. The minimum absolute atomic E-state index is 0.287. The van der Waals surface area contributed by atoms with Gasteiger partial charge in [-0.3, -0.25) is 4.90 Å². The van der Waals surface area contributed by atoms with E-state index in [9.17, 15) is 4.39 Å². The van der Waals surface area contributed by atoms with Crippen molar-refractivity contribution in [3.63, 3.8) is 0 Å². The number of methoxy groups -OCH3 is 1. The number of hydrogen-bond donors (Lipinski definition) is 1. The summed E-state index contributed by atoms with van der Waals surface area (Å²) in [5.41, 5.74) is 0.896. The van der Waals surface area contributed by atoms with Gasteiger partial charge in [-0.2, -0.15) is 0 Å². The number of phenols is 1. The topological polar surface area (TPSA) is 32.7 Å². The largest absolute Gasteiger partial charge is 0.505 e. The highest BCUT2D eigenvalue weighted by Crippen LogP contribution is 2.23. The van der Waals surface area contributed by atoms with Gasteiger partial charge in [-0.25, -0.2) is 4.39 Å². The number of benzene rings is 1. The Kier molecular flexibility index (Phi) is 4.19. The highest BCUT2D eigenvalue weighted by Gasteiger charge is 2.25. The first kappa shape index (κ1) is 13.3. The Bertz CT molecular complexity index is 411. The summed E-state index contributed by atoms with van der Waals surface area (Å²) < 4.78 is 18.6. The normalized spacial score (nSPS) is 25.3. The lowest BCUT2D eigenvalue weighted by Gasteiger charge is -2.37. The van der Waals surface area contributed by atoms with Crippen LogP contribution in [0.15, 0.2) is 18.2 Å². The molecule has 1 fully saturated rings. The van der Waals surface area contributed by atoms with Crippen LogP contribution < -0.4 is 0 Å². The molecule has 0 amide bonds. The molecule has 2 rings (SSSR count). The predicted octanol–water partition coefficient (Wildman–Crippen LogP) is 2.53. The van der Waals surface area contributed by atoms with Crippen LogP contribution in [0.5, 0.6) is 5.75 Å². The Labute approximate surface area is 107 Å². The second-order valence-corrected chi connectivity index (χ2v) is 4.99. The zero-order valence-electron chi connectivity index (χ0n) is 10.9. The molecular weight excluding hydrogens is 233 g/mol. The number of rotatable bonds is 3. The fourth-order valence-electron chi connectivity index (χ4n) is 2.51. The maximum absolute atomic E-state index is 13.3. The molecule has 1 heterocycles. The second-order valence-electron chi connectivity index (χ2n) is 4.99. The van der Waals surface area contributed by atoms with Crippen molar-refractivity contribution in [1.82, 2.24) is 4.90 Å². The van der Waals surface area contributed by atoms with Crippen molar-refractivity contribution in [2.45, 2.75) is 38.5 Å². The van der Waals surface area contributed by atoms with Crippen LogP contribution in [0, 0.1) is 5.82 Å². The maximum Gasteiger partial charge on any atom is 0.165 e. The third kappa shape index (κ3) is 3.00. The molecule has 2 unspecified atom stereocenters. The molecule has 2 atom stereocenters. The standard InChI is InChI=1S/C14H20FNO2/c1-10-7-12(18-2)5-6-16(10)9-11-3-4-14(17)13(15)8-11/h3-4,8,10,12,17H,5-7,9H2,1-2H3. The average Bonchev–Trinajstić information content (AvgIpc) is 2.36. The van der Waals surface area contributed by atoms with E-state index in [1.54, 1.807) is 13.2 Å². The van der Waals surface area contributed by atoms with Gasteiger partial charge < -0.3 is 9.84 Å². The predicted molar refractivity (Wildman–Crippen MR) is 68.0 cm³/mol. The van der Waals surface area contributed by atoms with Crippen LogP contribution in [0.2, 0.25) is 0 Å². The van der Waals surface area contributed by atoms with Gasteiger partial charge in [0.1, 0.15) is 0 Å². The van der Waals surface area contributed by atoms with Gasteiger partial charge in [0.05, 0.1) is 6.10 Å². The molecule has 3 nitrogen and oxygen atoms in total. The molecule has 0 radical (unpaired) electrons. The summed E-state index contributed by atoms with van der Waals surface area (Å²) in [6.45, 7) is 3.85. The van der Waals surface area contributed by atoms with Crippen molar-refractivity contribution in [3.05, 3.63) is 29.6 Å². The number of hydrogen-bond acceptors (Lipinski definition) is 3. The number of likely N-dealkylation sites (tertiary alicyclic amines) is 1. The fourth-order valence-corrected chi connectivity index (χ4v) is 2.51. The lowest BCUT2D eigenvalue weighted by molar-refractivity contribution is 0.0129. The molecular formula is C14H20FNO2. The van der Waals surface area contributed by atoms with Gasteiger partial charge in [-0.05, 0) is 37.5 Å². The van der Waals surface area contributed by atoms with E-state index in [1.165, 1.54) is 12.1 Å². The fraction of sp³-hybridized carbons (Fsp3) is 0.571. The van der Waals surface area contributed by atoms with E-state index in [2.05, 4.69) is 11.8 Å². The van der Waals surface area contributed by atoms with E-state index >= 15 is 0 Å². The number of phenolic OH excluding ortho intramolecular Hbond substituents is 1. The van der Waals surface area contributed by atoms with E-state index in [0.29, 0.717) is 12.1 Å². The van der Waals surface area contributed by atoms with Crippen LogP contribution in [0.1, 0.15) is 25.3 Å².